The summed E-state index contributed by atoms with van der Waals surface area (Å²) < 4.78 is 47.8. The maximum atomic E-state index is 14.1. The van der Waals surface area contributed by atoms with Crippen molar-refractivity contribution >= 4 is 17.4 Å². The van der Waals surface area contributed by atoms with Crippen LogP contribution in [-0.4, -0.2) is 37.5 Å². The van der Waals surface area contributed by atoms with E-state index in [0.29, 0.717) is 30.3 Å². The first-order chi connectivity index (χ1) is 18.1. The summed E-state index contributed by atoms with van der Waals surface area (Å²) in [5.41, 5.74) is 6.43. The molecule has 0 aromatic heterocycles. The molecule has 5 N–H and O–H groups in total. The van der Waals surface area contributed by atoms with Crippen LogP contribution in [0.4, 0.5) is 18.9 Å². The number of hydrogen-bond acceptors (Lipinski definition) is 6. The number of amides is 1. The summed E-state index contributed by atoms with van der Waals surface area (Å²) >= 11 is 0. The first-order valence-corrected chi connectivity index (χ1v) is 12.8. The van der Waals surface area contributed by atoms with E-state index in [-0.39, 0.29) is 41.6 Å². The number of alkyl halides is 3. The molecule has 1 atom stereocenters. The molecule has 1 saturated carbocycles. The largest absolute Gasteiger partial charge is 0.416 e. The Bertz CT molecular complexity index is 1240. The molecule has 5 rings (SSSR count). The lowest BCUT2D eigenvalue weighted by molar-refractivity contribution is -0.138. The van der Waals surface area contributed by atoms with Crippen molar-refractivity contribution in [1.82, 2.24) is 16.3 Å². The van der Waals surface area contributed by atoms with Crippen molar-refractivity contribution in [3.05, 3.63) is 64.2 Å². The van der Waals surface area contributed by atoms with Crippen molar-refractivity contribution in [2.75, 3.05) is 25.2 Å². The number of hydrazine groups is 2. The summed E-state index contributed by atoms with van der Waals surface area (Å²) in [5.74, 6) is 5.58. The number of carbonyl (C=O) groups excluding carboxylic acids is 1. The number of nitrogens with zero attached hydrogens (tertiary/aromatic N) is 2. The minimum absolute atomic E-state index is 0.0141. The van der Waals surface area contributed by atoms with Crippen LogP contribution in [0.2, 0.25) is 0 Å². The average Bonchev–Trinajstić information content (AvgIpc) is 3.17. The predicted octanol–water partition coefficient (Wildman–Crippen LogP) is 3.62. The Kier molecular flexibility index (Phi) is 7.21. The second-order valence-electron chi connectivity index (χ2n) is 10.6. The normalized spacial score (nSPS) is 20.1. The number of benzene rings is 2. The molecule has 2 fully saturated rings. The molecule has 0 radical (unpaired) electrons. The lowest BCUT2D eigenvalue weighted by Gasteiger charge is -2.39. The summed E-state index contributed by atoms with van der Waals surface area (Å²) in [6, 6.07) is 10.1. The zero-order chi connectivity index (χ0) is 27.1. The Morgan fingerprint density at radius 1 is 1.26 bits per heavy atom. The van der Waals surface area contributed by atoms with E-state index in [1.807, 2.05) is 12.1 Å². The molecule has 38 heavy (non-hydrogen) atoms. The van der Waals surface area contributed by atoms with Crippen molar-refractivity contribution in [2.45, 2.75) is 56.9 Å². The van der Waals surface area contributed by atoms with Gasteiger partial charge in [-0.15, -0.1) is 0 Å². The van der Waals surface area contributed by atoms with E-state index in [9.17, 15) is 18.0 Å². The number of rotatable bonds is 8. The SMILES string of the molecule is CN=C(NNN)[C@H](c1cccc(N2Cc3c(cc(CNC4(C)CCC4)cc3C(F)(F)F)C2=O)c1)C1COC1. The van der Waals surface area contributed by atoms with Crippen LogP contribution in [0.1, 0.15) is 64.7 Å². The lowest BCUT2D eigenvalue weighted by atomic mass is 9.78. The van der Waals surface area contributed by atoms with E-state index in [1.165, 1.54) is 11.0 Å². The fourth-order valence-electron chi connectivity index (χ4n) is 5.56. The number of nitrogens with one attached hydrogen (secondary N) is 3. The number of fused-ring (bicyclic) bond motifs is 1. The van der Waals surface area contributed by atoms with Crippen LogP contribution >= 0.6 is 0 Å². The van der Waals surface area contributed by atoms with E-state index in [2.05, 4.69) is 28.2 Å². The van der Waals surface area contributed by atoms with E-state index in [4.69, 9.17) is 10.6 Å². The summed E-state index contributed by atoms with van der Waals surface area (Å²) in [5, 5.41) is 3.37. The fourth-order valence-corrected chi connectivity index (χ4v) is 5.56. The maximum Gasteiger partial charge on any atom is 0.416 e. The maximum absolute atomic E-state index is 14.1. The van der Waals surface area contributed by atoms with E-state index in [0.717, 1.165) is 24.8 Å². The summed E-state index contributed by atoms with van der Waals surface area (Å²) in [4.78, 5) is 19.3. The van der Waals surface area contributed by atoms with Crippen LogP contribution in [0.3, 0.4) is 0 Å². The molecule has 0 unspecified atom stereocenters. The summed E-state index contributed by atoms with van der Waals surface area (Å²) in [7, 11) is 1.65. The van der Waals surface area contributed by atoms with Crippen molar-refractivity contribution < 1.29 is 22.7 Å². The van der Waals surface area contributed by atoms with Crippen LogP contribution in [0.15, 0.2) is 41.4 Å². The van der Waals surface area contributed by atoms with E-state index < -0.39 is 17.6 Å². The molecule has 1 aliphatic carbocycles. The number of ether oxygens (including phenoxy) is 1. The van der Waals surface area contributed by atoms with Crippen molar-refractivity contribution in [1.29, 1.82) is 0 Å². The van der Waals surface area contributed by atoms with Gasteiger partial charge < -0.3 is 15.0 Å². The van der Waals surface area contributed by atoms with Gasteiger partial charge in [0.1, 0.15) is 5.84 Å². The smallest absolute Gasteiger partial charge is 0.381 e. The molecule has 11 heteroatoms. The molecule has 0 spiro atoms. The molecule has 8 nitrogen and oxygen atoms in total. The number of halogens is 3. The number of hydrogen-bond donors (Lipinski definition) is 4. The van der Waals surface area contributed by atoms with Gasteiger partial charge in [0.2, 0.25) is 0 Å². The lowest BCUT2D eigenvalue weighted by Crippen LogP contribution is -2.48. The highest BCUT2D eigenvalue weighted by Gasteiger charge is 2.41. The number of nitrogens with two attached hydrogens (primary N) is 1. The standard InChI is InChI=1S/C27H33F3N6O2/c1-26(7-4-8-26)33-12-16-9-20-21(22(10-16)27(28,29)30)13-36(25(20)37)19-6-3-5-17(11-19)23(18-14-38-15-18)24(32-2)34-35-31/h3,5-6,9-11,18,23,33,35H,4,7-8,12-15,31H2,1-2H3,(H,32,34)/t23-/m1/s1. The third kappa shape index (κ3) is 5.03. The average molecular weight is 531 g/mol. The topological polar surface area (TPSA) is 104 Å². The minimum Gasteiger partial charge on any atom is -0.381 e. The van der Waals surface area contributed by atoms with Crippen LogP contribution in [0, 0.1) is 5.92 Å². The molecular weight excluding hydrogens is 497 g/mol. The van der Waals surface area contributed by atoms with Gasteiger partial charge in [0, 0.05) is 42.2 Å². The van der Waals surface area contributed by atoms with Gasteiger partial charge >= 0.3 is 6.18 Å². The molecule has 2 aromatic carbocycles. The Morgan fingerprint density at radius 3 is 2.61 bits per heavy atom. The first kappa shape index (κ1) is 26.6. The molecule has 0 bridgehead atoms. The Hall–Kier alpha value is -2.99. The number of anilines is 1. The van der Waals surface area contributed by atoms with Gasteiger partial charge in [-0.05, 0) is 67.1 Å². The zero-order valence-corrected chi connectivity index (χ0v) is 21.5. The molecular formula is C27H33F3N6O2. The van der Waals surface area contributed by atoms with Gasteiger partial charge in [-0.1, -0.05) is 12.1 Å². The van der Waals surface area contributed by atoms with E-state index in [1.54, 1.807) is 25.2 Å². The monoisotopic (exact) mass is 530 g/mol. The van der Waals surface area contributed by atoms with Gasteiger partial charge in [0.15, 0.2) is 0 Å². The fraction of sp³-hybridized carbons (Fsp3) is 0.481. The van der Waals surface area contributed by atoms with Crippen LogP contribution < -0.4 is 27.0 Å². The number of aliphatic imine (C=N–C) groups is 1. The third-order valence-electron chi connectivity index (χ3n) is 8.00. The zero-order valence-electron chi connectivity index (χ0n) is 21.5. The number of carbonyl (C=O) groups is 1. The highest BCUT2D eigenvalue weighted by Crippen LogP contribution is 2.41. The Labute approximate surface area is 219 Å². The molecule has 1 amide bonds. The van der Waals surface area contributed by atoms with Crippen LogP contribution in [0.25, 0.3) is 0 Å². The van der Waals surface area contributed by atoms with Gasteiger partial charge in [-0.3, -0.25) is 21.1 Å². The van der Waals surface area contributed by atoms with Gasteiger partial charge in [0.25, 0.3) is 5.91 Å². The second-order valence-corrected chi connectivity index (χ2v) is 10.6. The van der Waals surface area contributed by atoms with E-state index >= 15 is 0 Å². The molecule has 204 valence electrons. The highest BCUT2D eigenvalue weighted by molar-refractivity contribution is 6.10. The minimum atomic E-state index is -4.57. The summed E-state index contributed by atoms with van der Waals surface area (Å²) in [6.07, 6.45) is -1.49. The van der Waals surface area contributed by atoms with Crippen LogP contribution in [-0.2, 0) is 24.0 Å². The quantitative estimate of drug-likeness (QED) is 0.180. The molecule has 2 heterocycles. The molecule has 3 aliphatic rings. The first-order valence-electron chi connectivity index (χ1n) is 12.8. The molecule has 1 saturated heterocycles. The van der Waals surface area contributed by atoms with Crippen molar-refractivity contribution in [3.63, 3.8) is 0 Å². The van der Waals surface area contributed by atoms with Crippen molar-refractivity contribution in [3.8, 4) is 0 Å². The number of amidine groups is 1. The highest BCUT2D eigenvalue weighted by atomic mass is 19.4. The molecule has 2 aliphatic heterocycles. The summed E-state index contributed by atoms with van der Waals surface area (Å²) in [6.45, 7) is 3.29. The van der Waals surface area contributed by atoms with Crippen LogP contribution in [0.5, 0.6) is 0 Å². The molecule has 2 aromatic rings. The van der Waals surface area contributed by atoms with Gasteiger partial charge in [-0.2, -0.15) is 18.7 Å². The van der Waals surface area contributed by atoms with Gasteiger partial charge in [-0.25, -0.2) is 0 Å². The Morgan fingerprint density at radius 2 is 2.03 bits per heavy atom. The predicted molar refractivity (Wildman–Crippen MR) is 138 cm³/mol. The third-order valence-corrected chi connectivity index (χ3v) is 8.00. The van der Waals surface area contributed by atoms with Gasteiger partial charge in [0.05, 0.1) is 25.3 Å². The second kappa shape index (κ2) is 10.3. The van der Waals surface area contributed by atoms with Crippen molar-refractivity contribution in [2.24, 2.45) is 16.8 Å². The Balaban J connectivity index is 1.46.